The minimum Gasteiger partial charge on any atom is -0.373 e. The van der Waals surface area contributed by atoms with E-state index in [1.165, 1.54) is 0 Å². The molecule has 0 aliphatic heterocycles. The number of hydrogen-bond donors (Lipinski definition) is 0. The van der Waals surface area contributed by atoms with Crippen LogP contribution in [-0.4, -0.2) is 6.10 Å². The topological polar surface area (TPSA) is 9.23 Å². The van der Waals surface area contributed by atoms with E-state index in [9.17, 15) is 17.6 Å². The summed E-state index contributed by atoms with van der Waals surface area (Å²) in [6, 6.07) is 6.56. The first-order valence-electron chi connectivity index (χ1n) is 10.5. The normalized spacial score (nSPS) is 19.5. The minimum atomic E-state index is -0.835. The van der Waals surface area contributed by atoms with Crippen LogP contribution in [0.25, 0.3) is 0 Å². The maximum atomic E-state index is 14.4. The van der Waals surface area contributed by atoms with Crippen LogP contribution in [-0.2, 0) is 24.2 Å². The molecule has 0 aromatic heterocycles. The van der Waals surface area contributed by atoms with E-state index in [4.69, 9.17) is 4.74 Å². The summed E-state index contributed by atoms with van der Waals surface area (Å²) in [6.07, 6.45) is 4.34. The lowest BCUT2D eigenvalue weighted by molar-refractivity contribution is 0.0116. The highest BCUT2D eigenvalue weighted by atomic mass is 19.2. The molecule has 0 bridgehead atoms. The summed E-state index contributed by atoms with van der Waals surface area (Å²) < 4.78 is 62.6. The lowest BCUT2D eigenvalue weighted by Gasteiger charge is -2.29. The van der Waals surface area contributed by atoms with Gasteiger partial charge >= 0.3 is 0 Å². The Morgan fingerprint density at radius 3 is 2.00 bits per heavy atom. The molecule has 3 rings (SSSR count). The van der Waals surface area contributed by atoms with Crippen molar-refractivity contribution in [1.29, 1.82) is 0 Å². The van der Waals surface area contributed by atoms with Gasteiger partial charge in [-0.2, -0.15) is 0 Å². The summed E-state index contributed by atoms with van der Waals surface area (Å²) >= 11 is 0. The zero-order chi connectivity index (χ0) is 21.0. The van der Waals surface area contributed by atoms with Gasteiger partial charge in [0.05, 0.1) is 12.7 Å². The van der Waals surface area contributed by atoms with Crippen LogP contribution in [0.5, 0.6) is 0 Å². The highest BCUT2D eigenvalue weighted by Gasteiger charge is 2.27. The van der Waals surface area contributed by atoms with Crippen LogP contribution in [0.4, 0.5) is 17.6 Å². The number of halogens is 4. The van der Waals surface area contributed by atoms with Gasteiger partial charge in [-0.05, 0) is 61.1 Å². The predicted octanol–water partition coefficient (Wildman–Crippen LogP) is 7.00. The van der Waals surface area contributed by atoms with Crippen LogP contribution in [0.3, 0.4) is 0 Å². The molecule has 2 aromatic rings. The smallest absolute Gasteiger partial charge is 0.164 e. The zero-order valence-electron chi connectivity index (χ0n) is 17.0. The molecule has 0 spiro atoms. The molecular weight excluding hydrogens is 380 g/mol. The molecular formula is C24H28F4O. The maximum absolute atomic E-state index is 14.4. The van der Waals surface area contributed by atoms with Crippen LogP contribution in [0, 0.1) is 23.3 Å². The summed E-state index contributed by atoms with van der Waals surface area (Å²) in [4.78, 5) is 0. The van der Waals surface area contributed by atoms with Crippen molar-refractivity contribution in [2.24, 2.45) is 0 Å². The standard InChI is InChI=1S/C24H28F4O/c1-3-5-17-6-7-18(23(27)22(17)26)14-29-19-11-8-16(9-12-19)20-13-10-15(4-2)21(25)24(20)28/h6-7,10,13,16,19H,3-5,8-9,11-12,14H2,1-2H3. The molecule has 158 valence electrons. The van der Waals surface area contributed by atoms with Gasteiger partial charge in [-0.1, -0.05) is 44.5 Å². The fourth-order valence-electron chi connectivity index (χ4n) is 4.14. The SMILES string of the molecule is CCCc1ccc(COC2CCC(c3ccc(CC)c(F)c3F)CC2)c(F)c1F. The Morgan fingerprint density at radius 2 is 1.34 bits per heavy atom. The molecule has 1 aliphatic rings. The molecule has 1 fully saturated rings. The van der Waals surface area contributed by atoms with E-state index in [1.807, 2.05) is 6.92 Å². The quantitative estimate of drug-likeness (QED) is 0.448. The maximum Gasteiger partial charge on any atom is 0.164 e. The number of hydrogen-bond acceptors (Lipinski definition) is 1. The van der Waals surface area contributed by atoms with Crippen molar-refractivity contribution in [3.8, 4) is 0 Å². The van der Waals surface area contributed by atoms with Crippen molar-refractivity contribution in [2.75, 3.05) is 0 Å². The molecule has 0 saturated heterocycles. The third-order valence-corrected chi connectivity index (χ3v) is 5.92. The minimum absolute atomic E-state index is 0.0126. The summed E-state index contributed by atoms with van der Waals surface area (Å²) in [5.41, 5.74) is 1.42. The second kappa shape index (κ2) is 9.75. The molecule has 0 amide bonds. The molecule has 0 radical (unpaired) electrons. The second-order valence-corrected chi connectivity index (χ2v) is 7.84. The summed E-state index contributed by atoms with van der Waals surface area (Å²) in [7, 11) is 0. The summed E-state index contributed by atoms with van der Waals surface area (Å²) in [5.74, 6) is -3.15. The number of rotatable bonds is 7. The largest absolute Gasteiger partial charge is 0.373 e. The Bertz CT molecular complexity index is 841. The summed E-state index contributed by atoms with van der Waals surface area (Å²) in [6.45, 7) is 3.73. The van der Waals surface area contributed by atoms with E-state index in [1.54, 1.807) is 31.2 Å². The van der Waals surface area contributed by atoms with Crippen molar-refractivity contribution in [2.45, 2.75) is 77.4 Å². The summed E-state index contributed by atoms with van der Waals surface area (Å²) in [5, 5.41) is 0. The van der Waals surface area contributed by atoms with Gasteiger partial charge in [-0.3, -0.25) is 0 Å². The van der Waals surface area contributed by atoms with E-state index < -0.39 is 23.3 Å². The average Bonchev–Trinajstić information content (AvgIpc) is 2.73. The molecule has 1 nitrogen and oxygen atoms in total. The van der Waals surface area contributed by atoms with E-state index in [-0.39, 0.29) is 24.2 Å². The van der Waals surface area contributed by atoms with Crippen LogP contribution in [0.1, 0.15) is 74.1 Å². The van der Waals surface area contributed by atoms with Gasteiger partial charge in [0.15, 0.2) is 23.3 Å². The van der Waals surface area contributed by atoms with Crippen LogP contribution in [0.15, 0.2) is 24.3 Å². The van der Waals surface area contributed by atoms with Crippen molar-refractivity contribution in [3.05, 3.63) is 69.8 Å². The molecule has 29 heavy (non-hydrogen) atoms. The fourth-order valence-corrected chi connectivity index (χ4v) is 4.14. The average molecular weight is 408 g/mol. The Balaban J connectivity index is 1.57. The highest BCUT2D eigenvalue weighted by molar-refractivity contribution is 5.29. The van der Waals surface area contributed by atoms with Gasteiger partial charge < -0.3 is 4.74 Å². The van der Waals surface area contributed by atoms with Gasteiger partial charge in [0.2, 0.25) is 0 Å². The number of benzene rings is 2. The Labute approximate surface area is 170 Å². The van der Waals surface area contributed by atoms with Crippen molar-refractivity contribution >= 4 is 0 Å². The first-order chi connectivity index (χ1) is 14.0. The lowest BCUT2D eigenvalue weighted by Crippen LogP contribution is -2.22. The molecule has 1 saturated carbocycles. The van der Waals surface area contributed by atoms with E-state index >= 15 is 0 Å². The van der Waals surface area contributed by atoms with E-state index in [0.717, 1.165) is 6.42 Å². The van der Waals surface area contributed by atoms with Crippen molar-refractivity contribution < 1.29 is 22.3 Å². The first-order valence-corrected chi connectivity index (χ1v) is 10.5. The predicted molar refractivity (Wildman–Crippen MR) is 106 cm³/mol. The van der Waals surface area contributed by atoms with Gasteiger partial charge in [-0.15, -0.1) is 0 Å². The second-order valence-electron chi connectivity index (χ2n) is 7.84. The van der Waals surface area contributed by atoms with Crippen LogP contribution >= 0.6 is 0 Å². The highest BCUT2D eigenvalue weighted by Crippen LogP contribution is 2.36. The lowest BCUT2D eigenvalue weighted by atomic mass is 9.82. The molecule has 5 heteroatoms. The Morgan fingerprint density at radius 1 is 0.759 bits per heavy atom. The Hall–Kier alpha value is -1.88. The third-order valence-electron chi connectivity index (χ3n) is 5.92. The zero-order valence-corrected chi connectivity index (χ0v) is 17.0. The van der Waals surface area contributed by atoms with Gasteiger partial charge in [0.25, 0.3) is 0 Å². The number of ether oxygens (including phenoxy) is 1. The first kappa shape index (κ1) is 21.8. The molecule has 1 aliphatic carbocycles. The number of aryl methyl sites for hydroxylation is 2. The van der Waals surface area contributed by atoms with Crippen molar-refractivity contribution in [3.63, 3.8) is 0 Å². The van der Waals surface area contributed by atoms with Crippen LogP contribution < -0.4 is 0 Å². The molecule has 0 atom stereocenters. The molecule has 0 heterocycles. The fraction of sp³-hybridized carbons (Fsp3) is 0.500. The van der Waals surface area contributed by atoms with Crippen molar-refractivity contribution in [1.82, 2.24) is 0 Å². The van der Waals surface area contributed by atoms with Gasteiger partial charge in [-0.25, -0.2) is 17.6 Å². The van der Waals surface area contributed by atoms with E-state index in [2.05, 4.69) is 0 Å². The van der Waals surface area contributed by atoms with Crippen LogP contribution in [0.2, 0.25) is 0 Å². The molecule has 0 unspecified atom stereocenters. The Kier molecular flexibility index (Phi) is 7.33. The monoisotopic (exact) mass is 408 g/mol. The van der Waals surface area contributed by atoms with E-state index in [0.29, 0.717) is 55.2 Å². The molecule has 2 aromatic carbocycles. The van der Waals surface area contributed by atoms with Gasteiger partial charge in [0.1, 0.15) is 0 Å². The van der Waals surface area contributed by atoms with Gasteiger partial charge in [0, 0.05) is 5.56 Å². The third kappa shape index (κ3) is 4.82. The molecule has 0 N–H and O–H groups in total.